The van der Waals surface area contributed by atoms with E-state index in [9.17, 15) is 18.0 Å². The summed E-state index contributed by atoms with van der Waals surface area (Å²) in [5.41, 5.74) is 5.87. The van der Waals surface area contributed by atoms with Crippen LogP contribution in [-0.4, -0.2) is 40.6 Å². The van der Waals surface area contributed by atoms with Gasteiger partial charge in [-0.1, -0.05) is 0 Å². The van der Waals surface area contributed by atoms with Crippen molar-refractivity contribution in [3.05, 3.63) is 30.1 Å². The summed E-state index contributed by atoms with van der Waals surface area (Å²) in [7, 11) is 0. The van der Waals surface area contributed by atoms with E-state index in [4.69, 9.17) is 5.73 Å². The van der Waals surface area contributed by atoms with Gasteiger partial charge >= 0.3 is 6.18 Å². The normalized spacial score (nSPS) is 24.3. The van der Waals surface area contributed by atoms with Crippen molar-refractivity contribution in [1.82, 2.24) is 9.88 Å². The largest absolute Gasteiger partial charge is 0.408 e. The highest BCUT2D eigenvalue weighted by Gasteiger charge is 2.47. The van der Waals surface area contributed by atoms with Crippen molar-refractivity contribution in [1.29, 1.82) is 0 Å². The molecule has 1 fully saturated rings. The molecule has 2 N–H and O–H groups in total. The molecule has 0 aromatic carbocycles. The molecular weight excluding hydrogens is 259 g/mol. The Labute approximate surface area is 108 Å². The summed E-state index contributed by atoms with van der Waals surface area (Å²) >= 11 is 0. The summed E-state index contributed by atoms with van der Waals surface area (Å²) in [6.45, 7) is -0.0780. The van der Waals surface area contributed by atoms with Crippen molar-refractivity contribution in [2.75, 3.05) is 6.54 Å². The van der Waals surface area contributed by atoms with E-state index < -0.39 is 24.2 Å². The quantitative estimate of drug-likeness (QED) is 0.845. The highest BCUT2D eigenvalue weighted by Crippen LogP contribution is 2.32. The van der Waals surface area contributed by atoms with Crippen LogP contribution in [-0.2, 0) is 0 Å². The fourth-order valence-corrected chi connectivity index (χ4v) is 2.22. The second-order valence-corrected chi connectivity index (χ2v) is 4.59. The number of amides is 1. The van der Waals surface area contributed by atoms with Crippen LogP contribution in [0.3, 0.4) is 0 Å². The maximum absolute atomic E-state index is 12.9. The number of carbonyl (C=O) groups excluding carboxylic acids is 1. The minimum Gasteiger partial charge on any atom is -0.326 e. The van der Waals surface area contributed by atoms with Gasteiger partial charge in [0.15, 0.2) is 0 Å². The molecule has 2 rings (SSSR count). The first-order valence-electron chi connectivity index (χ1n) is 5.93. The van der Waals surface area contributed by atoms with Crippen molar-refractivity contribution < 1.29 is 18.0 Å². The molecule has 7 heteroatoms. The van der Waals surface area contributed by atoms with Crippen LogP contribution in [0.1, 0.15) is 23.2 Å². The summed E-state index contributed by atoms with van der Waals surface area (Å²) in [6, 6.07) is 0.628. The Balaban J connectivity index is 2.25. The molecule has 19 heavy (non-hydrogen) atoms. The van der Waals surface area contributed by atoms with Gasteiger partial charge in [0.05, 0.1) is 0 Å². The van der Waals surface area contributed by atoms with Crippen molar-refractivity contribution in [3.63, 3.8) is 0 Å². The second-order valence-electron chi connectivity index (χ2n) is 4.59. The van der Waals surface area contributed by atoms with Gasteiger partial charge in [-0.3, -0.25) is 9.78 Å². The number of nitrogens with two attached hydrogens (primary N) is 1. The Kier molecular flexibility index (Phi) is 3.75. The standard InChI is InChI=1S/C12H14F3N3O/c13-12(14,15)10-2-1-9(16)7-18(10)11(19)8-3-5-17-6-4-8/h3-6,9-10H,1-2,7,16H2/t9-,10+/m1/s1. The Morgan fingerprint density at radius 2 is 1.95 bits per heavy atom. The lowest BCUT2D eigenvalue weighted by Gasteiger charge is -2.39. The van der Waals surface area contributed by atoms with Gasteiger partial charge in [-0.15, -0.1) is 0 Å². The maximum atomic E-state index is 12.9. The fourth-order valence-electron chi connectivity index (χ4n) is 2.22. The van der Waals surface area contributed by atoms with Crippen LogP contribution in [0, 0.1) is 0 Å². The topological polar surface area (TPSA) is 59.2 Å². The summed E-state index contributed by atoms with van der Waals surface area (Å²) in [5, 5.41) is 0. The van der Waals surface area contributed by atoms with Crippen LogP contribution in [0.5, 0.6) is 0 Å². The average molecular weight is 273 g/mol. The van der Waals surface area contributed by atoms with E-state index in [2.05, 4.69) is 4.98 Å². The van der Waals surface area contributed by atoms with E-state index in [-0.39, 0.29) is 24.9 Å². The average Bonchev–Trinajstić information content (AvgIpc) is 2.37. The smallest absolute Gasteiger partial charge is 0.326 e. The van der Waals surface area contributed by atoms with Crippen LogP contribution in [0.25, 0.3) is 0 Å². The van der Waals surface area contributed by atoms with E-state index in [0.717, 1.165) is 4.90 Å². The third-order valence-corrected chi connectivity index (χ3v) is 3.18. The molecule has 0 bridgehead atoms. The molecule has 4 nitrogen and oxygen atoms in total. The van der Waals surface area contributed by atoms with E-state index in [1.165, 1.54) is 24.5 Å². The lowest BCUT2D eigenvalue weighted by Crippen LogP contribution is -2.56. The van der Waals surface area contributed by atoms with Gasteiger partial charge in [-0.2, -0.15) is 13.2 Å². The summed E-state index contributed by atoms with van der Waals surface area (Å²) in [6.07, 6.45) is -1.56. The molecule has 0 spiro atoms. The van der Waals surface area contributed by atoms with E-state index in [0.29, 0.717) is 0 Å². The summed E-state index contributed by atoms with van der Waals surface area (Å²) < 4.78 is 38.8. The molecule has 104 valence electrons. The monoisotopic (exact) mass is 273 g/mol. The second kappa shape index (κ2) is 5.16. The SMILES string of the molecule is N[C@@H]1CC[C@@H](C(F)(F)F)N(C(=O)c2ccncc2)C1. The number of likely N-dealkylation sites (tertiary alicyclic amines) is 1. The molecule has 0 aliphatic carbocycles. The number of aromatic nitrogens is 1. The molecular formula is C12H14F3N3O. The van der Waals surface area contributed by atoms with Gasteiger partial charge in [0.1, 0.15) is 6.04 Å². The van der Waals surface area contributed by atoms with Gasteiger partial charge in [-0.05, 0) is 25.0 Å². The zero-order valence-electron chi connectivity index (χ0n) is 10.1. The highest BCUT2D eigenvalue weighted by atomic mass is 19.4. The number of rotatable bonds is 1. The molecule has 0 unspecified atom stereocenters. The van der Waals surface area contributed by atoms with Gasteiger partial charge in [0.25, 0.3) is 5.91 Å². The van der Waals surface area contributed by atoms with Crippen LogP contribution in [0.2, 0.25) is 0 Å². The fraction of sp³-hybridized carbons (Fsp3) is 0.500. The number of carbonyl (C=O) groups is 1. The number of hydrogen-bond donors (Lipinski definition) is 1. The molecule has 2 atom stereocenters. The first-order valence-corrected chi connectivity index (χ1v) is 5.93. The van der Waals surface area contributed by atoms with Crippen LogP contribution in [0.4, 0.5) is 13.2 Å². The molecule has 0 radical (unpaired) electrons. The first kappa shape index (κ1) is 13.8. The lowest BCUT2D eigenvalue weighted by molar-refractivity contribution is -0.184. The predicted octanol–water partition coefficient (Wildman–Crippen LogP) is 1.58. The zero-order chi connectivity index (χ0) is 14.0. The molecule has 1 aromatic heterocycles. The van der Waals surface area contributed by atoms with Crippen molar-refractivity contribution in [3.8, 4) is 0 Å². The highest BCUT2D eigenvalue weighted by molar-refractivity contribution is 5.94. The number of halogens is 3. The zero-order valence-corrected chi connectivity index (χ0v) is 10.1. The van der Waals surface area contributed by atoms with Crippen LogP contribution >= 0.6 is 0 Å². The number of nitrogens with zero attached hydrogens (tertiary/aromatic N) is 2. The van der Waals surface area contributed by atoms with Gasteiger partial charge < -0.3 is 10.6 Å². The minimum absolute atomic E-state index is 0.0780. The van der Waals surface area contributed by atoms with Crippen molar-refractivity contribution in [2.24, 2.45) is 5.73 Å². The van der Waals surface area contributed by atoms with Crippen LogP contribution < -0.4 is 5.73 Å². The number of pyridine rings is 1. The Morgan fingerprint density at radius 1 is 1.32 bits per heavy atom. The van der Waals surface area contributed by atoms with Crippen LogP contribution in [0.15, 0.2) is 24.5 Å². The number of hydrogen-bond acceptors (Lipinski definition) is 3. The molecule has 2 heterocycles. The van der Waals surface area contributed by atoms with Crippen molar-refractivity contribution >= 4 is 5.91 Å². The predicted molar refractivity (Wildman–Crippen MR) is 62.3 cm³/mol. The number of alkyl halides is 3. The van der Waals surface area contributed by atoms with Gasteiger partial charge in [-0.25, -0.2) is 0 Å². The van der Waals surface area contributed by atoms with E-state index in [1.54, 1.807) is 0 Å². The third kappa shape index (κ3) is 3.04. The van der Waals surface area contributed by atoms with Crippen molar-refractivity contribution in [2.45, 2.75) is 31.1 Å². The summed E-state index contributed by atoms with van der Waals surface area (Å²) in [4.78, 5) is 16.7. The van der Waals surface area contributed by atoms with E-state index in [1.807, 2.05) is 0 Å². The minimum atomic E-state index is -4.43. The summed E-state index contributed by atoms with van der Waals surface area (Å²) in [5.74, 6) is -0.653. The third-order valence-electron chi connectivity index (χ3n) is 3.18. The Hall–Kier alpha value is -1.63. The Bertz CT molecular complexity index is 449. The number of piperidine rings is 1. The molecule has 1 aromatic rings. The molecule has 1 saturated heterocycles. The Morgan fingerprint density at radius 3 is 2.53 bits per heavy atom. The lowest BCUT2D eigenvalue weighted by atomic mass is 9.97. The van der Waals surface area contributed by atoms with Gasteiger partial charge in [0.2, 0.25) is 0 Å². The van der Waals surface area contributed by atoms with E-state index >= 15 is 0 Å². The molecule has 1 aliphatic heterocycles. The first-order chi connectivity index (χ1) is 8.89. The molecule has 1 aliphatic rings. The molecule has 1 amide bonds. The maximum Gasteiger partial charge on any atom is 0.408 e. The van der Waals surface area contributed by atoms with Gasteiger partial charge in [0, 0.05) is 30.5 Å². The molecule has 0 saturated carbocycles.